The molecule has 1 aliphatic carbocycles. The number of piperidine rings is 1. The van der Waals surface area contributed by atoms with Crippen molar-refractivity contribution in [1.82, 2.24) is 10.2 Å². The van der Waals surface area contributed by atoms with Gasteiger partial charge in [-0.2, -0.15) is 0 Å². The van der Waals surface area contributed by atoms with Crippen LogP contribution in [0.5, 0.6) is 0 Å². The molecule has 19 heavy (non-hydrogen) atoms. The largest absolute Gasteiger partial charge is 0.377 e. The average Bonchev–Trinajstić information content (AvgIpc) is 3.18. The number of nitrogens with one attached hydrogen (secondary N) is 1. The predicted octanol–water partition coefficient (Wildman–Crippen LogP) is 2.66. The molecule has 1 heterocycles. The Bertz CT molecular complexity index is 263. The number of hydrogen-bond donors (Lipinski definition) is 1. The summed E-state index contributed by atoms with van der Waals surface area (Å²) in [6.45, 7) is 12.6. The molecule has 1 aliphatic heterocycles. The molecule has 1 saturated heterocycles. The van der Waals surface area contributed by atoms with Crippen molar-refractivity contribution in [3.05, 3.63) is 0 Å². The second-order valence-electron chi connectivity index (χ2n) is 7.19. The third-order valence-corrected chi connectivity index (χ3v) is 4.12. The minimum atomic E-state index is 0.370. The molecule has 1 N–H and O–H groups in total. The lowest BCUT2D eigenvalue weighted by atomic mass is 9.91. The first-order chi connectivity index (χ1) is 9.09. The van der Waals surface area contributed by atoms with Crippen LogP contribution in [-0.4, -0.2) is 49.8 Å². The van der Waals surface area contributed by atoms with E-state index in [-0.39, 0.29) is 0 Å². The molecular formula is C16H32N2O. The van der Waals surface area contributed by atoms with Gasteiger partial charge in [0.1, 0.15) is 0 Å². The van der Waals surface area contributed by atoms with Crippen molar-refractivity contribution < 1.29 is 4.74 Å². The first kappa shape index (κ1) is 15.3. The smallest absolute Gasteiger partial charge is 0.0702 e. The van der Waals surface area contributed by atoms with E-state index >= 15 is 0 Å². The van der Waals surface area contributed by atoms with Crippen LogP contribution in [-0.2, 0) is 4.74 Å². The van der Waals surface area contributed by atoms with Crippen LogP contribution in [0.3, 0.4) is 0 Å². The fraction of sp³-hybridized carbons (Fsp3) is 1.00. The van der Waals surface area contributed by atoms with Crippen molar-refractivity contribution in [2.45, 2.75) is 65.0 Å². The van der Waals surface area contributed by atoms with E-state index in [9.17, 15) is 0 Å². The van der Waals surface area contributed by atoms with Gasteiger partial charge >= 0.3 is 0 Å². The lowest BCUT2D eigenvalue weighted by molar-refractivity contribution is -0.00889. The van der Waals surface area contributed by atoms with Crippen molar-refractivity contribution in [2.75, 3.05) is 32.8 Å². The van der Waals surface area contributed by atoms with Crippen molar-refractivity contribution in [2.24, 2.45) is 5.41 Å². The molecule has 1 atom stereocenters. The third kappa shape index (κ3) is 5.80. The summed E-state index contributed by atoms with van der Waals surface area (Å²) in [4.78, 5) is 2.61. The first-order valence-electron chi connectivity index (χ1n) is 8.16. The second kappa shape index (κ2) is 7.05. The maximum Gasteiger partial charge on any atom is 0.0702 e. The third-order valence-electron chi connectivity index (χ3n) is 4.12. The highest BCUT2D eigenvalue weighted by Crippen LogP contribution is 2.24. The van der Waals surface area contributed by atoms with Gasteiger partial charge in [-0.1, -0.05) is 20.8 Å². The molecule has 0 bridgehead atoms. The van der Waals surface area contributed by atoms with Gasteiger partial charge in [-0.25, -0.2) is 0 Å². The van der Waals surface area contributed by atoms with E-state index in [4.69, 9.17) is 4.74 Å². The van der Waals surface area contributed by atoms with Gasteiger partial charge in [-0.3, -0.25) is 0 Å². The molecule has 0 aromatic carbocycles. The van der Waals surface area contributed by atoms with Crippen molar-refractivity contribution in [3.63, 3.8) is 0 Å². The second-order valence-corrected chi connectivity index (χ2v) is 7.19. The molecule has 2 fully saturated rings. The highest BCUT2D eigenvalue weighted by atomic mass is 16.5. The minimum Gasteiger partial charge on any atom is -0.377 e. The summed E-state index contributed by atoms with van der Waals surface area (Å²) in [6.07, 6.45) is 6.91. The van der Waals surface area contributed by atoms with Crippen LogP contribution in [0.15, 0.2) is 0 Å². The van der Waals surface area contributed by atoms with E-state index in [1.165, 1.54) is 38.8 Å². The van der Waals surface area contributed by atoms with Gasteiger partial charge in [-0.15, -0.1) is 0 Å². The van der Waals surface area contributed by atoms with Crippen LogP contribution in [0.1, 0.15) is 52.9 Å². The highest BCUT2D eigenvalue weighted by Gasteiger charge is 2.29. The molecule has 1 saturated carbocycles. The molecule has 2 aliphatic rings. The number of hydrogen-bond acceptors (Lipinski definition) is 3. The van der Waals surface area contributed by atoms with Crippen LogP contribution in [0.4, 0.5) is 0 Å². The Labute approximate surface area is 119 Å². The zero-order valence-corrected chi connectivity index (χ0v) is 13.1. The fourth-order valence-corrected chi connectivity index (χ4v) is 2.95. The van der Waals surface area contributed by atoms with Crippen LogP contribution in [0.25, 0.3) is 0 Å². The Morgan fingerprint density at radius 1 is 1.26 bits per heavy atom. The highest BCUT2D eigenvalue weighted by molar-refractivity contribution is 4.86. The molecule has 0 spiro atoms. The molecule has 1 unspecified atom stereocenters. The maximum absolute atomic E-state index is 5.93. The Morgan fingerprint density at radius 2 is 2.05 bits per heavy atom. The van der Waals surface area contributed by atoms with Gasteiger partial charge in [0, 0.05) is 32.3 Å². The van der Waals surface area contributed by atoms with E-state index in [0.717, 1.165) is 32.2 Å². The number of rotatable bonds is 8. The monoisotopic (exact) mass is 268 g/mol. The summed E-state index contributed by atoms with van der Waals surface area (Å²) >= 11 is 0. The molecule has 0 amide bonds. The first-order valence-corrected chi connectivity index (χ1v) is 8.16. The van der Waals surface area contributed by atoms with Gasteiger partial charge in [0.25, 0.3) is 0 Å². The minimum absolute atomic E-state index is 0.370. The quantitative estimate of drug-likeness (QED) is 0.732. The summed E-state index contributed by atoms with van der Waals surface area (Å²) in [7, 11) is 0. The topological polar surface area (TPSA) is 24.5 Å². The predicted molar refractivity (Wildman–Crippen MR) is 80.5 cm³/mol. The van der Waals surface area contributed by atoms with Gasteiger partial charge in [0.05, 0.1) is 6.10 Å². The van der Waals surface area contributed by atoms with Crippen LogP contribution < -0.4 is 5.32 Å². The Kier molecular flexibility index (Phi) is 5.67. The standard InChI is InChI=1S/C16H32N2O/c1-4-10-19-15-6-5-9-18(11-15)13-16(2,3)12-17-14-7-8-14/h14-15,17H,4-13H2,1-3H3. The van der Waals surface area contributed by atoms with Gasteiger partial charge in [0.2, 0.25) is 0 Å². The Morgan fingerprint density at radius 3 is 2.74 bits per heavy atom. The number of ether oxygens (including phenoxy) is 1. The van der Waals surface area contributed by atoms with E-state index in [1.807, 2.05) is 0 Å². The van der Waals surface area contributed by atoms with Crippen molar-refractivity contribution in [3.8, 4) is 0 Å². The van der Waals surface area contributed by atoms with Gasteiger partial charge in [-0.05, 0) is 44.1 Å². The molecule has 3 nitrogen and oxygen atoms in total. The van der Waals surface area contributed by atoms with Crippen molar-refractivity contribution >= 4 is 0 Å². The van der Waals surface area contributed by atoms with Crippen LogP contribution in [0.2, 0.25) is 0 Å². The van der Waals surface area contributed by atoms with E-state index in [0.29, 0.717) is 11.5 Å². The molecule has 0 aromatic rings. The summed E-state index contributed by atoms with van der Waals surface area (Å²) < 4.78 is 5.93. The zero-order valence-electron chi connectivity index (χ0n) is 13.1. The normalized spacial score (nSPS) is 25.7. The number of nitrogens with zero attached hydrogens (tertiary/aromatic N) is 1. The molecule has 0 radical (unpaired) electrons. The molecule has 112 valence electrons. The van der Waals surface area contributed by atoms with Gasteiger partial charge in [0.15, 0.2) is 0 Å². The Balaban J connectivity index is 1.70. The number of likely N-dealkylation sites (tertiary alicyclic amines) is 1. The summed E-state index contributed by atoms with van der Waals surface area (Å²) in [5.41, 5.74) is 0.370. The SMILES string of the molecule is CCCOC1CCCN(CC(C)(C)CNC2CC2)C1. The van der Waals surface area contributed by atoms with Crippen molar-refractivity contribution in [1.29, 1.82) is 0 Å². The summed E-state index contributed by atoms with van der Waals surface area (Å²) in [5.74, 6) is 0. The maximum atomic E-state index is 5.93. The molecular weight excluding hydrogens is 236 g/mol. The molecule has 2 rings (SSSR count). The lowest BCUT2D eigenvalue weighted by Crippen LogP contribution is -2.46. The lowest BCUT2D eigenvalue weighted by Gasteiger charge is -2.38. The molecule has 3 heteroatoms. The summed E-state index contributed by atoms with van der Waals surface area (Å²) in [5, 5.41) is 3.67. The van der Waals surface area contributed by atoms with Crippen LogP contribution in [0, 0.1) is 5.41 Å². The van der Waals surface area contributed by atoms with Gasteiger partial charge < -0.3 is 15.0 Å². The summed E-state index contributed by atoms with van der Waals surface area (Å²) in [6, 6.07) is 0.821. The Hall–Kier alpha value is -0.120. The fourth-order valence-electron chi connectivity index (χ4n) is 2.95. The van der Waals surface area contributed by atoms with E-state index in [1.54, 1.807) is 0 Å². The van der Waals surface area contributed by atoms with E-state index < -0.39 is 0 Å². The zero-order chi connectivity index (χ0) is 13.7. The van der Waals surface area contributed by atoms with Crippen LogP contribution >= 0.6 is 0 Å². The average molecular weight is 268 g/mol. The molecule has 0 aromatic heterocycles. The van der Waals surface area contributed by atoms with E-state index in [2.05, 4.69) is 31.0 Å².